The molecule has 2 N–H and O–H groups in total. The molecule has 1 rings (SSSR count). The molecule has 1 aromatic carbocycles. The van der Waals surface area contributed by atoms with Crippen molar-refractivity contribution in [2.24, 2.45) is 5.84 Å². The number of aryl methyl sites for hydroxylation is 1. The van der Waals surface area contributed by atoms with E-state index in [9.17, 15) is 4.79 Å². The number of nitrogens with two attached hydrogens (primary N) is 1. The fourth-order valence-electron chi connectivity index (χ4n) is 1.12. The lowest BCUT2D eigenvalue weighted by atomic mass is 10.2. The van der Waals surface area contributed by atoms with E-state index in [2.05, 4.69) is 0 Å². The molecule has 0 radical (unpaired) electrons. The van der Waals surface area contributed by atoms with Gasteiger partial charge in [-0.05, 0) is 39.8 Å². The van der Waals surface area contributed by atoms with E-state index in [0.717, 1.165) is 10.6 Å². The lowest BCUT2D eigenvalue weighted by molar-refractivity contribution is 0.0580. The summed E-state index contributed by atoms with van der Waals surface area (Å²) in [6, 6.07) is 7.33. The van der Waals surface area contributed by atoms with Crippen molar-refractivity contribution in [3.63, 3.8) is 0 Å². The van der Waals surface area contributed by atoms with E-state index >= 15 is 0 Å². The molecule has 0 bridgehead atoms. The second-order valence-electron chi connectivity index (χ2n) is 4.69. The Bertz CT molecular complexity index is 366. The molecule has 4 heteroatoms. The number of hydrazine groups is 1. The van der Waals surface area contributed by atoms with Gasteiger partial charge >= 0.3 is 6.09 Å². The van der Waals surface area contributed by atoms with Crippen LogP contribution in [0.2, 0.25) is 0 Å². The molecule has 0 heterocycles. The summed E-state index contributed by atoms with van der Waals surface area (Å²) in [7, 11) is 0. The van der Waals surface area contributed by atoms with Gasteiger partial charge < -0.3 is 4.74 Å². The van der Waals surface area contributed by atoms with Gasteiger partial charge in [-0.3, -0.25) is 0 Å². The number of carbonyl (C=O) groups excluding carboxylic acids is 1. The summed E-state index contributed by atoms with van der Waals surface area (Å²) in [5, 5.41) is 1.00. The normalized spacial score (nSPS) is 11.1. The molecule has 0 fully saturated rings. The molecule has 0 atom stereocenters. The monoisotopic (exact) mass is 222 g/mol. The molecule has 88 valence electrons. The van der Waals surface area contributed by atoms with Gasteiger partial charge in [0.15, 0.2) is 0 Å². The van der Waals surface area contributed by atoms with Crippen LogP contribution in [-0.4, -0.2) is 11.7 Å². The highest BCUT2D eigenvalue weighted by Crippen LogP contribution is 2.15. The van der Waals surface area contributed by atoms with Crippen LogP contribution in [0.5, 0.6) is 0 Å². The van der Waals surface area contributed by atoms with Crippen molar-refractivity contribution in [2.45, 2.75) is 33.3 Å². The van der Waals surface area contributed by atoms with Crippen LogP contribution in [0.25, 0.3) is 0 Å². The fraction of sp³-hybridized carbons (Fsp3) is 0.417. The zero-order chi connectivity index (χ0) is 12.3. The van der Waals surface area contributed by atoms with E-state index < -0.39 is 11.7 Å². The van der Waals surface area contributed by atoms with Gasteiger partial charge in [0.2, 0.25) is 0 Å². The van der Waals surface area contributed by atoms with Crippen LogP contribution >= 0.6 is 0 Å². The standard InChI is InChI=1S/C12H18N2O2/c1-9-5-7-10(8-6-9)14(13)11(15)16-12(2,3)4/h5-8H,13H2,1-4H3. The number of rotatable bonds is 1. The number of benzene rings is 1. The van der Waals surface area contributed by atoms with Gasteiger partial charge in [-0.15, -0.1) is 0 Å². The van der Waals surface area contributed by atoms with Crippen LogP contribution in [0, 0.1) is 6.92 Å². The minimum atomic E-state index is -0.559. The molecular formula is C12H18N2O2. The van der Waals surface area contributed by atoms with Crippen LogP contribution in [0.15, 0.2) is 24.3 Å². The van der Waals surface area contributed by atoms with Gasteiger partial charge in [-0.1, -0.05) is 17.7 Å². The number of anilines is 1. The highest BCUT2D eigenvalue weighted by atomic mass is 16.6. The second-order valence-corrected chi connectivity index (χ2v) is 4.69. The predicted octanol–water partition coefficient (Wildman–Crippen LogP) is 2.61. The van der Waals surface area contributed by atoms with E-state index in [0.29, 0.717) is 5.69 Å². The van der Waals surface area contributed by atoms with Crippen LogP contribution in [0.3, 0.4) is 0 Å². The summed E-state index contributed by atoms with van der Waals surface area (Å²) in [6.07, 6.45) is -0.559. The largest absolute Gasteiger partial charge is 0.442 e. The number of hydrogen-bond donors (Lipinski definition) is 1. The Kier molecular flexibility index (Phi) is 3.55. The molecule has 4 nitrogen and oxygen atoms in total. The summed E-state index contributed by atoms with van der Waals surface area (Å²) in [5.74, 6) is 5.65. The molecule has 0 saturated carbocycles. The first-order valence-electron chi connectivity index (χ1n) is 5.14. The Hall–Kier alpha value is -1.55. The number of hydrogen-bond acceptors (Lipinski definition) is 3. The van der Waals surface area contributed by atoms with E-state index in [1.165, 1.54) is 0 Å². The third kappa shape index (κ3) is 3.55. The zero-order valence-corrected chi connectivity index (χ0v) is 10.2. The van der Waals surface area contributed by atoms with Crippen molar-refractivity contribution in [3.8, 4) is 0 Å². The van der Waals surface area contributed by atoms with Crippen molar-refractivity contribution in [2.75, 3.05) is 5.01 Å². The molecule has 0 aromatic heterocycles. The van der Waals surface area contributed by atoms with Crippen LogP contribution in [-0.2, 0) is 4.74 Å². The van der Waals surface area contributed by atoms with Crippen molar-refractivity contribution >= 4 is 11.8 Å². The summed E-state index contributed by atoms with van der Waals surface area (Å²) < 4.78 is 5.15. The van der Waals surface area contributed by atoms with Gasteiger partial charge in [0, 0.05) is 0 Å². The van der Waals surface area contributed by atoms with Gasteiger partial charge in [0.05, 0.1) is 5.69 Å². The molecule has 0 aliphatic rings. The highest BCUT2D eigenvalue weighted by Gasteiger charge is 2.20. The summed E-state index contributed by atoms with van der Waals surface area (Å²) in [4.78, 5) is 11.6. The second kappa shape index (κ2) is 4.53. The molecule has 16 heavy (non-hydrogen) atoms. The number of nitrogens with zero attached hydrogens (tertiary/aromatic N) is 1. The third-order valence-corrected chi connectivity index (χ3v) is 1.90. The molecular weight excluding hydrogens is 204 g/mol. The third-order valence-electron chi connectivity index (χ3n) is 1.90. The molecule has 1 aromatic rings. The van der Waals surface area contributed by atoms with E-state index in [1.807, 2.05) is 19.1 Å². The molecule has 0 unspecified atom stereocenters. The molecule has 0 aliphatic heterocycles. The number of carbonyl (C=O) groups is 1. The SMILES string of the molecule is Cc1ccc(N(N)C(=O)OC(C)(C)C)cc1. The van der Waals surface area contributed by atoms with E-state index in [-0.39, 0.29) is 0 Å². The Balaban J connectivity index is 2.74. The fourth-order valence-corrected chi connectivity index (χ4v) is 1.12. The Morgan fingerprint density at radius 2 is 1.75 bits per heavy atom. The highest BCUT2D eigenvalue weighted by molar-refractivity contribution is 5.86. The molecule has 0 saturated heterocycles. The van der Waals surface area contributed by atoms with E-state index in [1.54, 1.807) is 32.9 Å². The lowest BCUT2D eigenvalue weighted by Gasteiger charge is -2.24. The topological polar surface area (TPSA) is 55.6 Å². The number of ether oxygens (including phenoxy) is 1. The maximum Gasteiger partial charge on any atom is 0.429 e. The molecule has 1 amide bonds. The van der Waals surface area contributed by atoms with Crippen molar-refractivity contribution in [1.82, 2.24) is 0 Å². The maximum absolute atomic E-state index is 11.6. The quantitative estimate of drug-likeness (QED) is 0.451. The van der Waals surface area contributed by atoms with Gasteiger partial charge in [0.1, 0.15) is 5.60 Å². The minimum absolute atomic E-state index is 0.542. The molecule has 0 aliphatic carbocycles. The van der Waals surface area contributed by atoms with Crippen molar-refractivity contribution < 1.29 is 9.53 Å². The Labute approximate surface area is 96.0 Å². The predicted molar refractivity (Wildman–Crippen MR) is 64.1 cm³/mol. The molecule has 0 spiro atoms. The van der Waals surface area contributed by atoms with Gasteiger partial charge in [-0.2, -0.15) is 0 Å². The average Bonchev–Trinajstić information content (AvgIpc) is 2.15. The first-order chi connectivity index (χ1) is 7.29. The van der Waals surface area contributed by atoms with Crippen LogP contribution < -0.4 is 10.9 Å². The maximum atomic E-state index is 11.6. The lowest BCUT2D eigenvalue weighted by Crippen LogP contribution is -2.41. The smallest absolute Gasteiger partial charge is 0.429 e. The zero-order valence-electron chi connectivity index (χ0n) is 10.2. The van der Waals surface area contributed by atoms with Gasteiger partial charge in [0.25, 0.3) is 0 Å². The van der Waals surface area contributed by atoms with Crippen LogP contribution in [0.1, 0.15) is 26.3 Å². The Morgan fingerprint density at radius 3 is 2.19 bits per heavy atom. The van der Waals surface area contributed by atoms with E-state index in [4.69, 9.17) is 10.6 Å². The summed E-state index contributed by atoms with van der Waals surface area (Å²) in [6.45, 7) is 7.37. The van der Waals surface area contributed by atoms with Gasteiger partial charge in [-0.25, -0.2) is 15.6 Å². The minimum Gasteiger partial charge on any atom is -0.442 e. The summed E-state index contributed by atoms with van der Waals surface area (Å²) >= 11 is 0. The van der Waals surface area contributed by atoms with Crippen molar-refractivity contribution in [1.29, 1.82) is 0 Å². The van der Waals surface area contributed by atoms with Crippen LogP contribution in [0.4, 0.5) is 10.5 Å². The summed E-state index contributed by atoms with van der Waals surface area (Å²) in [5.41, 5.74) is 1.18. The van der Waals surface area contributed by atoms with Crippen molar-refractivity contribution in [3.05, 3.63) is 29.8 Å². The number of amides is 1. The Morgan fingerprint density at radius 1 is 1.25 bits per heavy atom. The first-order valence-corrected chi connectivity index (χ1v) is 5.14. The average molecular weight is 222 g/mol. The first kappa shape index (κ1) is 12.5.